The van der Waals surface area contributed by atoms with Gasteiger partial charge in [-0.1, -0.05) is 48.5 Å². The van der Waals surface area contributed by atoms with Crippen LogP contribution in [-0.2, 0) is 19.1 Å². The predicted molar refractivity (Wildman–Crippen MR) is 139 cm³/mol. The van der Waals surface area contributed by atoms with Gasteiger partial charge < -0.3 is 25.0 Å². The molecule has 2 fully saturated rings. The van der Waals surface area contributed by atoms with E-state index < -0.39 is 29.7 Å². The van der Waals surface area contributed by atoms with Crippen molar-refractivity contribution in [1.29, 1.82) is 0 Å². The van der Waals surface area contributed by atoms with Crippen LogP contribution in [0.2, 0.25) is 0 Å². The topological polar surface area (TPSA) is 102 Å². The minimum Gasteiger partial charge on any atom is -0.458 e. The molecule has 1 aliphatic carbocycles. The summed E-state index contributed by atoms with van der Waals surface area (Å²) >= 11 is 0. The Kier molecular flexibility index (Phi) is 6.70. The summed E-state index contributed by atoms with van der Waals surface area (Å²) in [5.74, 6) is -0.719. The Hall–Kier alpha value is -3.39. The maximum Gasteiger partial charge on any atom is 0.409 e. The second-order valence-electron chi connectivity index (χ2n) is 11.2. The minimum atomic E-state index is -0.797. The molecule has 8 nitrogen and oxygen atoms in total. The van der Waals surface area contributed by atoms with Crippen LogP contribution >= 0.6 is 0 Å². The first-order chi connectivity index (χ1) is 17.6. The lowest BCUT2D eigenvalue weighted by Crippen LogP contribution is -2.58. The molecule has 0 bridgehead atoms. The van der Waals surface area contributed by atoms with E-state index in [4.69, 9.17) is 15.2 Å². The molecule has 2 heterocycles. The molecule has 2 N–H and O–H groups in total. The molecule has 0 spiro atoms. The molecule has 2 aromatic carbocycles. The van der Waals surface area contributed by atoms with Crippen LogP contribution in [0.4, 0.5) is 4.79 Å². The molecule has 0 unspecified atom stereocenters. The highest BCUT2D eigenvalue weighted by Crippen LogP contribution is 2.44. The average Bonchev–Trinajstić information content (AvgIpc) is 3.41. The van der Waals surface area contributed by atoms with Gasteiger partial charge in [-0.25, -0.2) is 9.59 Å². The number of amides is 2. The van der Waals surface area contributed by atoms with Gasteiger partial charge >= 0.3 is 12.1 Å². The third-order valence-corrected chi connectivity index (χ3v) is 7.49. The molecule has 37 heavy (non-hydrogen) atoms. The average molecular weight is 506 g/mol. The number of rotatable bonds is 3. The predicted octanol–water partition coefficient (Wildman–Crippen LogP) is 3.67. The van der Waals surface area contributed by atoms with Crippen molar-refractivity contribution in [2.75, 3.05) is 19.7 Å². The van der Waals surface area contributed by atoms with E-state index in [2.05, 4.69) is 24.3 Å². The lowest BCUT2D eigenvalue weighted by atomic mass is 9.98. The number of nitrogens with zero attached hydrogens (tertiary/aromatic N) is 2. The van der Waals surface area contributed by atoms with Gasteiger partial charge in [-0.15, -0.1) is 0 Å². The van der Waals surface area contributed by atoms with Gasteiger partial charge in [-0.2, -0.15) is 0 Å². The van der Waals surface area contributed by atoms with E-state index in [1.807, 2.05) is 24.3 Å². The molecule has 2 saturated heterocycles. The van der Waals surface area contributed by atoms with E-state index in [9.17, 15) is 14.4 Å². The Morgan fingerprint density at radius 2 is 1.59 bits per heavy atom. The lowest BCUT2D eigenvalue weighted by molar-refractivity contribution is -0.164. The molecular weight excluding hydrogens is 470 g/mol. The fourth-order valence-electron chi connectivity index (χ4n) is 5.80. The zero-order valence-electron chi connectivity index (χ0n) is 21.7. The number of ether oxygens (including phenoxy) is 2. The van der Waals surface area contributed by atoms with Crippen LogP contribution in [0.25, 0.3) is 11.1 Å². The zero-order valence-corrected chi connectivity index (χ0v) is 21.7. The van der Waals surface area contributed by atoms with Crippen LogP contribution in [-0.4, -0.2) is 71.2 Å². The number of hydrogen-bond donors (Lipinski definition) is 1. The first-order valence-corrected chi connectivity index (χ1v) is 13.0. The second kappa shape index (κ2) is 9.82. The van der Waals surface area contributed by atoms with Crippen molar-refractivity contribution < 1.29 is 23.9 Å². The number of esters is 1. The standard InChI is InChI=1S/C29H35N3O5/c1-29(2,3)37-27(34)25-13-12-18-16-31(15-14-24(30)26(33)32(18)25)28(35)36-17-23-21-10-6-4-8-19(21)20-9-5-7-11-22(20)23/h4-11,18,23-25H,12-17,30H2,1-3H3/t18-,24-,25-/m0/s1. The van der Waals surface area contributed by atoms with Gasteiger partial charge in [0.1, 0.15) is 18.2 Å². The molecule has 0 aromatic heterocycles. The smallest absolute Gasteiger partial charge is 0.409 e. The number of hydrogen-bond acceptors (Lipinski definition) is 6. The fourth-order valence-corrected chi connectivity index (χ4v) is 5.80. The number of carbonyl (C=O) groups excluding carboxylic acids is 3. The van der Waals surface area contributed by atoms with Gasteiger partial charge in [0.2, 0.25) is 5.91 Å². The highest BCUT2D eigenvalue weighted by molar-refractivity contribution is 5.89. The molecule has 2 aromatic rings. The van der Waals surface area contributed by atoms with Crippen molar-refractivity contribution in [2.24, 2.45) is 5.73 Å². The number of nitrogens with two attached hydrogens (primary N) is 1. The minimum absolute atomic E-state index is 0.0329. The molecule has 5 rings (SSSR count). The second-order valence-corrected chi connectivity index (χ2v) is 11.2. The van der Waals surface area contributed by atoms with Crippen LogP contribution in [0.5, 0.6) is 0 Å². The molecule has 0 saturated carbocycles. The lowest BCUT2D eigenvalue weighted by Gasteiger charge is -2.37. The van der Waals surface area contributed by atoms with E-state index in [-0.39, 0.29) is 24.5 Å². The van der Waals surface area contributed by atoms with Gasteiger partial charge in [0.15, 0.2) is 0 Å². The molecule has 196 valence electrons. The first kappa shape index (κ1) is 25.3. The van der Waals surface area contributed by atoms with E-state index >= 15 is 0 Å². The molecule has 2 aliphatic heterocycles. The Morgan fingerprint density at radius 1 is 0.973 bits per heavy atom. The van der Waals surface area contributed by atoms with Gasteiger partial charge in [0, 0.05) is 19.0 Å². The molecular formula is C29H35N3O5. The number of benzene rings is 2. The van der Waals surface area contributed by atoms with Crippen LogP contribution in [0, 0.1) is 0 Å². The van der Waals surface area contributed by atoms with Gasteiger partial charge in [0.25, 0.3) is 0 Å². The summed E-state index contributed by atoms with van der Waals surface area (Å²) in [4.78, 5) is 42.5. The van der Waals surface area contributed by atoms with Crippen molar-refractivity contribution >= 4 is 18.0 Å². The molecule has 0 radical (unpaired) electrons. The van der Waals surface area contributed by atoms with Crippen molar-refractivity contribution in [3.63, 3.8) is 0 Å². The van der Waals surface area contributed by atoms with E-state index in [0.717, 1.165) is 11.1 Å². The number of fused-ring (bicyclic) bond motifs is 4. The Balaban J connectivity index is 1.29. The van der Waals surface area contributed by atoms with Crippen molar-refractivity contribution in [3.05, 3.63) is 59.7 Å². The maximum atomic E-state index is 13.3. The third-order valence-electron chi connectivity index (χ3n) is 7.49. The largest absolute Gasteiger partial charge is 0.458 e. The summed E-state index contributed by atoms with van der Waals surface area (Å²) in [5, 5.41) is 0. The van der Waals surface area contributed by atoms with E-state index in [0.29, 0.717) is 32.4 Å². The van der Waals surface area contributed by atoms with Crippen molar-refractivity contribution in [1.82, 2.24) is 9.80 Å². The summed E-state index contributed by atoms with van der Waals surface area (Å²) in [6, 6.07) is 14.6. The monoisotopic (exact) mass is 505 g/mol. The third kappa shape index (κ3) is 4.94. The summed E-state index contributed by atoms with van der Waals surface area (Å²) in [7, 11) is 0. The van der Waals surface area contributed by atoms with Gasteiger partial charge in [-0.3, -0.25) is 4.79 Å². The normalized spacial score (nSPS) is 23.6. The summed E-state index contributed by atoms with van der Waals surface area (Å²) in [5.41, 5.74) is 10.2. The van der Waals surface area contributed by atoms with E-state index in [1.54, 1.807) is 30.6 Å². The highest BCUT2D eigenvalue weighted by Gasteiger charge is 2.46. The van der Waals surface area contributed by atoms with Crippen molar-refractivity contribution in [3.8, 4) is 11.1 Å². The van der Waals surface area contributed by atoms with Crippen LogP contribution < -0.4 is 5.73 Å². The quantitative estimate of drug-likeness (QED) is 0.639. The highest BCUT2D eigenvalue weighted by atomic mass is 16.6. The first-order valence-electron chi connectivity index (χ1n) is 13.0. The molecule has 2 amide bonds. The van der Waals surface area contributed by atoms with Crippen LogP contribution in [0.15, 0.2) is 48.5 Å². The molecule has 3 atom stereocenters. The summed E-state index contributed by atoms with van der Waals surface area (Å²) in [6.07, 6.45) is 0.948. The maximum absolute atomic E-state index is 13.3. The Morgan fingerprint density at radius 3 is 2.22 bits per heavy atom. The zero-order chi connectivity index (χ0) is 26.3. The SMILES string of the molecule is CC(C)(C)OC(=O)[C@@H]1CC[C@H]2CN(C(=O)OCC3c4ccccc4-c4ccccc43)CC[C@H](N)C(=O)N21. The number of carbonyl (C=O) groups is 3. The van der Waals surface area contributed by atoms with Gasteiger partial charge in [0.05, 0.1) is 12.1 Å². The Labute approximate surface area is 217 Å². The molecule has 8 heteroatoms. The summed E-state index contributed by atoms with van der Waals surface area (Å²) in [6.45, 7) is 6.26. The van der Waals surface area contributed by atoms with E-state index in [1.165, 1.54) is 11.1 Å². The Bertz CT molecular complexity index is 1160. The fraction of sp³-hybridized carbons (Fsp3) is 0.483. The van der Waals surface area contributed by atoms with Gasteiger partial charge in [-0.05, 0) is 62.3 Å². The van der Waals surface area contributed by atoms with Crippen molar-refractivity contribution in [2.45, 2.75) is 69.7 Å². The molecule has 3 aliphatic rings. The van der Waals surface area contributed by atoms with Crippen LogP contribution in [0.1, 0.15) is 57.1 Å². The van der Waals surface area contributed by atoms with Crippen LogP contribution in [0.3, 0.4) is 0 Å². The summed E-state index contributed by atoms with van der Waals surface area (Å²) < 4.78 is 11.5.